The summed E-state index contributed by atoms with van der Waals surface area (Å²) in [7, 11) is 2.21. The maximum atomic E-state index is 10.5. The van der Waals surface area contributed by atoms with Gasteiger partial charge in [0, 0.05) is 50.9 Å². The molecular weight excluding hydrogens is 528 g/mol. The van der Waals surface area contributed by atoms with Crippen molar-refractivity contribution in [2.75, 3.05) is 72.7 Å². The molecule has 1 unspecified atom stereocenters. The summed E-state index contributed by atoms with van der Waals surface area (Å²) >= 11 is 0. The summed E-state index contributed by atoms with van der Waals surface area (Å²) in [5.41, 5.74) is 4.79. The number of hydrogen-bond acceptors (Lipinski definition) is 7. The van der Waals surface area contributed by atoms with Crippen molar-refractivity contribution in [3.63, 3.8) is 0 Å². The van der Waals surface area contributed by atoms with Crippen LogP contribution in [-0.4, -0.2) is 117 Å². The molecule has 0 spiro atoms. The summed E-state index contributed by atoms with van der Waals surface area (Å²) in [5, 5.41) is 14.1. The number of phenolic OH excluding ortho intramolecular Hbond substituents is 1. The molecule has 2 N–H and O–H groups in total. The Morgan fingerprint density at radius 2 is 1.98 bits per heavy atom. The Labute approximate surface area is 252 Å². The van der Waals surface area contributed by atoms with Crippen LogP contribution in [0.25, 0.3) is 5.57 Å². The van der Waals surface area contributed by atoms with Crippen molar-refractivity contribution in [2.24, 2.45) is 9.98 Å². The molecule has 42 heavy (non-hydrogen) atoms. The first-order valence-electron chi connectivity index (χ1n) is 15.4. The van der Waals surface area contributed by atoms with Crippen LogP contribution in [0.3, 0.4) is 0 Å². The van der Waals surface area contributed by atoms with Crippen molar-refractivity contribution in [1.29, 1.82) is 0 Å². The van der Waals surface area contributed by atoms with Crippen molar-refractivity contribution in [3.8, 4) is 5.75 Å². The summed E-state index contributed by atoms with van der Waals surface area (Å²) in [6, 6.07) is 6.51. The second-order valence-electron chi connectivity index (χ2n) is 11.7. The van der Waals surface area contributed by atoms with E-state index >= 15 is 0 Å². The molecule has 0 amide bonds. The first-order chi connectivity index (χ1) is 20.3. The van der Waals surface area contributed by atoms with E-state index in [1.807, 2.05) is 6.07 Å². The number of ether oxygens (including phenoxy) is 2. The number of allylic oxidation sites excluding steroid dienone is 3. The smallest absolute Gasteiger partial charge is 0.225 e. The van der Waals surface area contributed by atoms with Crippen molar-refractivity contribution in [1.82, 2.24) is 20.0 Å². The number of rotatable bonds is 11. The molecule has 3 saturated heterocycles. The summed E-state index contributed by atoms with van der Waals surface area (Å²) < 4.78 is 11.3. The molecule has 0 bridgehead atoms. The van der Waals surface area contributed by atoms with Gasteiger partial charge in [0.25, 0.3) is 0 Å². The molecule has 0 aliphatic carbocycles. The van der Waals surface area contributed by atoms with Crippen molar-refractivity contribution in [2.45, 2.75) is 51.8 Å². The lowest BCUT2D eigenvalue weighted by Gasteiger charge is -2.32. The average Bonchev–Trinajstić information content (AvgIpc) is 3.41. The molecule has 0 saturated carbocycles. The second kappa shape index (κ2) is 16.1. The summed E-state index contributed by atoms with van der Waals surface area (Å²) in [5.74, 6) is 0.907. The Morgan fingerprint density at radius 1 is 1.17 bits per heavy atom. The van der Waals surface area contributed by atoms with Crippen LogP contribution in [-0.2, 0) is 16.0 Å². The third kappa shape index (κ3) is 9.34. The van der Waals surface area contributed by atoms with Crippen LogP contribution < -0.4 is 5.32 Å². The van der Waals surface area contributed by atoms with Crippen molar-refractivity contribution in [3.05, 3.63) is 59.3 Å². The van der Waals surface area contributed by atoms with E-state index in [2.05, 4.69) is 77.4 Å². The first-order valence-corrected chi connectivity index (χ1v) is 15.4. The van der Waals surface area contributed by atoms with Gasteiger partial charge in [-0.05, 0) is 88.8 Å². The van der Waals surface area contributed by atoms with Crippen LogP contribution in [0.15, 0.2) is 58.2 Å². The number of aromatic hydroxyl groups is 1. The van der Waals surface area contributed by atoms with Gasteiger partial charge in [-0.25, -0.2) is 9.98 Å². The molecule has 9 nitrogen and oxygen atoms in total. The number of aliphatic imine (C=N–C) groups is 2. The molecule has 3 aliphatic heterocycles. The number of nitrogens with one attached hydrogen (secondary N) is 1. The fourth-order valence-corrected chi connectivity index (χ4v) is 5.77. The fourth-order valence-electron chi connectivity index (χ4n) is 5.77. The number of guanidine groups is 1. The van der Waals surface area contributed by atoms with Crippen molar-refractivity contribution < 1.29 is 14.6 Å². The molecular formula is C33H50N6O3. The zero-order valence-corrected chi connectivity index (χ0v) is 25.9. The van der Waals surface area contributed by atoms with E-state index in [1.54, 1.807) is 6.07 Å². The van der Waals surface area contributed by atoms with Gasteiger partial charge in [0.15, 0.2) is 0 Å². The van der Waals surface area contributed by atoms with E-state index in [-0.39, 0.29) is 6.10 Å². The van der Waals surface area contributed by atoms with Gasteiger partial charge < -0.3 is 29.7 Å². The molecule has 3 aliphatic rings. The molecule has 1 aromatic rings. The topological polar surface area (TPSA) is 85.2 Å². The molecule has 0 radical (unpaired) electrons. The van der Waals surface area contributed by atoms with Gasteiger partial charge in [-0.15, -0.1) is 0 Å². The van der Waals surface area contributed by atoms with Gasteiger partial charge in [-0.1, -0.05) is 24.8 Å². The maximum Gasteiger partial charge on any atom is 0.225 e. The van der Waals surface area contributed by atoms with Crippen LogP contribution in [0.4, 0.5) is 0 Å². The zero-order chi connectivity index (χ0) is 29.9. The Kier molecular flexibility index (Phi) is 12.3. The van der Waals surface area contributed by atoms with Crippen LogP contribution >= 0.6 is 0 Å². The fraction of sp³-hybridized carbons (Fsp3) is 0.576. The van der Waals surface area contributed by atoms with Crippen LogP contribution in [0, 0.1) is 0 Å². The van der Waals surface area contributed by atoms with Gasteiger partial charge in [0.2, 0.25) is 5.96 Å². The highest BCUT2D eigenvalue weighted by Crippen LogP contribution is 2.24. The van der Waals surface area contributed by atoms with E-state index in [9.17, 15) is 5.11 Å². The first kappa shape index (κ1) is 32.1. The number of likely N-dealkylation sites (tertiary alicyclic amines) is 1. The quantitative estimate of drug-likeness (QED) is 0.178. The minimum absolute atomic E-state index is 0.118. The molecule has 4 rings (SSSR count). The van der Waals surface area contributed by atoms with Crippen molar-refractivity contribution >= 4 is 18.3 Å². The molecule has 2 atom stereocenters. The second-order valence-corrected chi connectivity index (χ2v) is 11.7. The molecule has 9 heteroatoms. The minimum Gasteiger partial charge on any atom is -0.508 e. The van der Waals surface area contributed by atoms with E-state index in [4.69, 9.17) is 14.5 Å². The standard InChI is InChI=1S/C33H50N6O3/c1-25(28-10-11-32(40)30(21-28)22-35-13-12-31-7-6-14-37(31)5)8-9-29(24-38-15-18-41-19-16-38)27(3)36-33(34-4)39-17-20-42-26(2)23-39/h8-11,21,26,31,35,40H,3-4,6-7,12-20,22-24H2,1-2,5H3/b25-8+,29-9-,36-33?/t26-,31?/m0/s1. The van der Waals surface area contributed by atoms with Crippen LogP contribution in [0.2, 0.25) is 0 Å². The number of phenols is 1. The third-order valence-electron chi connectivity index (χ3n) is 8.48. The number of nitrogens with zero attached hydrogens (tertiary/aromatic N) is 5. The molecule has 0 aromatic heterocycles. The maximum absolute atomic E-state index is 10.5. The highest BCUT2D eigenvalue weighted by molar-refractivity contribution is 5.85. The highest BCUT2D eigenvalue weighted by atomic mass is 16.5. The predicted octanol–water partition coefficient (Wildman–Crippen LogP) is 3.92. The van der Waals surface area contributed by atoms with E-state index in [0.29, 0.717) is 36.6 Å². The number of hydrogen-bond donors (Lipinski definition) is 2. The van der Waals surface area contributed by atoms with E-state index in [1.165, 1.54) is 19.4 Å². The minimum atomic E-state index is 0.118. The van der Waals surface area contributed by atoms with Gasteiger partial charge in [-0.3, -0.25) is 4.90 Å². The molecule has 3 fully saturated rings. The van der Waals surface area contributed by atoms with Crippen LogP contribution in [0.1, 0.15) is 44.2 Å². The Morgan fingerprint density at radius 3 is 2.69 bits per heavy atom. The normalized spacial score (nSPS) is 23.4. The highest BCUT2D eigenvalue weighted by Gasteiger charge is 2.21. The van der Waals surface area contributed by atoms with Gasteiger partial charge >= 0.3 is 0 Å². The Balaban J connectivity index is 1.47. The Bertz CT molecular complexity index is 1160. The monoisotopic (exact) mass is 578 g/mol. The van der Waals surface area contributed by atoms with E-state index < -0.39 is 0 Å². The summed E-state index contributed by atoms with van der Waals surface area (Å²) in [6.45, 7) is 21.1. The lowest BCUT2D eigenvalue weighted by Crippen LogP contribution is -2.44. The number of morpholine rings is 2. The average molecular weight is 579 g/mol. The van der Waals surface area contributed by atoms with Gasteiger partial charge in [0.1, 0.15) is 5.75 Å². The van der Waals surface area contributed by atoms with Gasteiger partial charge in [-0.2, -0.15) is 0 Å². The lowest BCUT2D eigenvalue weighted by molar-refractivity contribution is 0.00543. The largest absolute Gasteiger partial charge is 0.508 e. The van der Waals surface area contributed by atoms with E-state index in [0.717, 1.165) is 81.2 Å². The molecule has 3 heterocycles. The molecule has 1 aromatic carbocycles. The predicted molar refractivity (Wildman–Crippen MR) is 172 cm³/mol. The SMILES string of the molecule is C=NC(=NC(=C)/C(=C\C=C(/C)c1ccc(O)c(CNCCC2CCCN2C)c1)CN1CCOCC1)N1CCO[C@@H](C)C1. The van der Waals surface area contributed by atoms with Crippen LogP contribution in [0.5, 0.6) is 5.75 Å². The summed E-state index contributed by atoms with van der Waals surface area (Å²) in [4.78, 5) is 16.0. The third-order valence-corrected chi connectivity index (χ3v) is 8.48. The zero-order valence-electron chi connectivity index (χ0n) is 25.9. The summed E-state index contributed by atoms with van der Waals surface area (Å²) in [6.07, 6.45) is 8.05. The number of benzene rings is 1. The Hall–Kier alpha value is -2.82. The molecule has 230 valence electrons. The van der Waals surface area contributed by atoms with Gasteiger partial charge in [0.05, 0.1) is 31.6 Å². The lowest BCUT2D eigenvalue weighted by atomic mass is 10.0.